The van der Waals surface area contributed by atoms with E-state index in [1.54, 1.807) is 37.3 Å². The number of amides is 1. The molecule has 9 heteroatoms. The summed E-state index contributed by atoms with van der Waals surface area (Å²) in [6.07, 6.45) is 0. The molecule has 1 fully saturated rings. The Kier molecular flexibility index (Phi) is 8.10. The van der Waals surface area contributed by atoms with E-state index in [-0.39, 0.29) is 22.3 Å². The van der Waals surface area contributed by atoms with Gasteiger partial charge in [-0.2, -0.15) is 0 Å². The molecule has 0 unspecified atom stereocenters. The number of carboxylic acid groups (broad SMARTS) is 1. The van der Waals surface area contributed by atoms with Gasteiger partial charge in [-0.3, -0.25) is 4.79 Å². The zero-order valence-corrected chi connectivity index (χ0v) is 18.6. The molecular formula is C21H19NO5S3. The lowest BCUT2D eigenvalue weighted by molar-refractivity contribution is -0.131. The van der Waals surface area contributed by atoms with E-state index in [2.05, 4.69) is 17.9 Å². The van der Waals surface area contributed by atoms with Crippen LogP contribution in [0, 0.1) is 0 Å². The van der Waals surface area contributed by atoms with Crippen LogP contribution in [-0.4, -0.2) is 31.5 Å². The lowest BCUT2D eigenvalue weighted by atomic mass is 10.1. The van der Waals surface area contributed by atoms with E-state index < -0.39 is 5.97 Å². The third-order valence-corrected chi connectivity index (χ3v) is 5.94. The van der Waals surface area contributed by atoms with Crippen LogP contribution in [-0.2, 0) is 9.59 Å². The highest BCUT2D eigenvalue weighted by atomic mass is 32.2. The molecule has 2 aromatic carbocycles. The number of phenolic OH excluding ortho intramolecular Hbond substituents is 2. The van der Waals surface area contributed by atoms with Crippen LogP contribution in [0.3, 0.4) is 0 Å². The number of hydrogen-bond acceptors (Lipinski definition) is 7. The number of thioether (sulfide) groups is 1. The molecule has 0 saturated carbocycles. The average Bonchev–Trinajstić information content (AvgIpc) is 3.04. The molecule has 0 radical (unpaired) electrons. The molecule has 6 nitrogen and oxygen atoms in total. The predicted molar refractivity (Wildman–Crippen MR) is 126 cm³/mol. The highest BCUT2D eigenvalue weighted by Crippen LogP contribution is 2.32. The maximum Gasteiger partial charge on any atom is 0.342 e. The Morgan fingerprint density at radius 2 is 1.57 bits per heavy atom. The van der Waals surface area contributed by atoms with E-state index in [4.69, 9.17) is 17.3 Å². The number of nitrogens with one attached hydrogen (secondary N) is 1. The summed E-state index contributed by atoms with van der Waals surface area (Å²) in [5.74, 6) is -0.957. The van der Waals surface area contributed by atoms with Gasteiger partial charge in [0.1, 0.15) is 15.8 Å². The Bertz CT molecular complexity index is 1080. The number of thiol groups is 1. The third-order valence-electron chi connectivity index (χ3n) is 4.07. The van der Waals surface area contributed by atoms with Gasteiger partial charge in [0.25, 0.3) is 5.91 Å². The second kappa shape index (κ2) is 10.3. The Morgan fingerprint density at radius 1 is 1.03 bits per heavy atom. The van der Waals surface area contributed by atoms with Crippen molar-refractivity contribution in [3.63, 3.8) is 0 Å². The standard InChI is InChI=1S/C11H9NO2S2.C10H10O3S/c1-6(7-3-2-4-8(13)5-7)9-10(14)12-11(15)16-9;1-6(9(14)10(12)13)7-3-2-4-8(11)5-7/h2-5,13H,1H3,(H,12,14,15);2-5,11,14H,1H3,(H,12,13)/b9-6+;9-6-. The van der Waals surface area contributed by atoms with Crippen LogP contribution in [0.5, 0.6) is 11.5 Å². The van der Waals surface area contributed by atoms with Gasteiger partial charge in [-0.05, 0) is 60.4 Å². The van der Waals surface area contributed by atoms with Crippen molar-refractivity contribution in [2.45, 2.75) is 13.8 Å². The van der Waals surface area contributed by atoms with Crippen molar-refractivity contribution < 1.29 is 24.9 Å². The summed E-state index contributed by atoms with van der Waals surface area (Å²) in [6.45, 7) is 3.48. The summed E-state index contributed by atoms with van der Waals surface area (Å²) in [4.78, 5) is 22.7. The van der Waals surface area contributed by atoms with Crippen molar-refractivity contribution in [2.75, 3.05) is 0 Å². The molecule has 3 rings (SSSR count). The van der Waals surface area contributed by atoms with E-state index in [9.17, 15) is 19.8 Å². The maximum atomic E-state index is 11.5. The SMILES string of the molecule is C/C(=C(/S)C(=O)O)c1cccc(O)c1.C/C(=C1\SC(=S)NC1=O)c1cccc(O)c1. The smallest absolute Gasteiger partial charge is 0.342 e. The lowest BCUT2D eigenvalue weighted by Crippen LogP contribution is -2.18. The van der Waals surface area contributed by atoms with Gasteiger partial charge in [-0.15, -0.1) is 12.6 Å². The number of phenols is 2. The number of thiocarbonyl (C=S) groups is 1. The van der Waals surface area contributed by atoms with Crippen LogP contribution in [0.15, 0.2) is 58.3 Å². The number of benzene rings is 2. The van der Waals surface area contributed by atoms with Gasteiger partial charge in [0, 0.05) is 0 Å². The fourth-order valence-electron chi connectivity index (χ4n) is 2.47. The number of hydrogen-bond donors (Lipinski definition) is 5. The molecule has 0 aromatic heterocycles. The quantitative estimate of drug-likeness (QED) is 0.262. The van der Waals surface area contributed by atoms with Crippen molar-refractivity contribution in [1.29, 1.82) is 0 Å². The van der Waals surface area contributed by atoms with Crippen LogP contribution in [0.1, 0.15) is 25.0 Å². The largest absolute Gasteiger partial charge is 0.508 e. The molecule has 0 bridgehead atoms. The highest BCUT2D eigenvalue weighted by molar-refractivity contribution is 8.26. The van der Waals surface area contributed by atoms with E-state index in [0.29, 0.717) is 20.4 Å². The first-order valence-corrected chi connectivity index (χ1v) is 10.2. The molecule has 1 aliphatic heterocycles. The van der Waals surface area contributed by atoms with Gasteiger partial charge < -0.3 is 20.6 Å². The van der Waals surface area contributed by atoms with E-state index >= 15 is 0 Å². The Morgan fingerprint density at radius 3 is 2.03 bits per heavy atom. The first kappa shape index (κ1) is 23.5. The number of carbonyl (C=O) groups is 2. The Balaban J connectivity index is 0.000000216. The minimum atomic E-state index is -1.07. The minimum Gasteiger partial charge on any atom is -0.508 e. The van der Waals surface area contributed by atoms with Gasteiger partial charge >= 0.3 is 5.97 Å². The van der Waals surface area contributed by atoms with Crippen molar-refractivity contribution >= 4 is 64.0 Å². The van der Waals surface area contributed by atoms with Crippen LogP contribution in [0.25, 0.3) is 11.1 Å². The first-order chi connectivity index (χ1) is 14.1. The van der Waals surface area contributed by atoms with Crippen LogP contribution in [0.2, 0.25) is 0 Å². The Hall–Kier alpha value is -2.75. The summed E-state index contributed by atoms with van der Waals surface area (Å²) in [5, 5.41) is 29.8. The van der Waals surface area contributed by atoms with Crippen LogP contribution in [0.4, 0.5) is 0 Å². The topological polar surface area (TPSA) is 107 Å². The van der Waals surface area contributed by atoms with Gasteiger partial charge in [-0.25, -0.2) is 4.79 Å². The molecule has 1 saturated heterocycles. The molecule has 0 spiro atoms. The number of carboxylic acids is 1. The van der Waals surface area contributed by atoms with Gasteiger partial charge in [-0.1, -0.05) is 48.2 Å². The summed E-state index contributed by atoms with van der Waals surface area (Å²) >= 11 is 10.0. The van der Waals surface area contributed by atoms with E-state index in [0.717, 1.165) is 11.1 Å². The first-order valence-electron chi connectivity index (χ1n) is 8.56. The fraction of sp³-hybridized carbons (Fsp3) is 0.0952. The molecule has 0 aliphatic carbocycles. The monoisotopic (exact) mass is 461 g/mol. The molecule has 0 atom stereocenters. The number of carbonyl (C=O) groups excluding carboxylic acids is 1. The molecule has 1 aliphatic rings. The van der Waals surface area contributed by atoms with Crippen LogP contribution < -0.4 is 5.32 Å². The summed E-state index contributed by atoms with van der Waals surface area (Å²) in [7, 11) is 0. The molecule has 2 aromatic rings. The maximum absolute atomic E-state index is 11.5. The molecule has 4 N–H and O–H groups in total. The number of aliphatic carboxylic acids is 1. The van der Waals surface area contributed by atoms with Crippen molar-refractivity contribution in [1.82, 2.24) is 5.32 Å². The van der Waals surface area contributed by atoms with Gasteiger partial charge in [0.2, 0.25) is 0 Å². The van der Waals surface area contributed by atoms with Gasteiger partial charge in [0.05, 0.1) is 9.81 Å². The number of rotatable bonds is 3. The molecule has 1 heterocycles. The van der Waals surface area contributed by atoms with Gasteiger partial charge in [0.15, 0.2) is 0 Å². The zero-order valence-electron chi connectivity index (χ0n) is 16.0. The zero-order chi connectivity index (χ0) is 22.4. The molecule has 30 heavy (non-hydrogen) atoms. The predicted octanol–water partition coefficient (Wildman–Crippen LogP) is 4.41. The summed E-state index contributed by atoms with van der Waals surface area (Å²) in [5.41, 5.74) is 2.81. The summed E-state index contributed by atoms with van der Waals surface area (Å²) in [6, 6.07) is 13.2. The van der Waals surface area contributed by atoms with Crippen molar-refractivity contribution in [3.8, 4) is 11.5 Å². The normalized spacial score (nSPS) is 15.6. The second-order valence-electron chi connectivity index (χ2n) is 6.18. The fourth-order valence-corrected chi connectivity index (χ4v) is 3.68. The second-order valence-corrected chi connectivity index (χ2v) is 8.31. The number of aromatic hydroxyl groups is 2. The highest BCUT2D eigenvalue weighted by Gasteiger charge is 2.24. The molecule has 1 amide bonds. The van der Waals surface area contributed by atoms with Crippen molar-refractivity contribution in [2.24, 2.45) is 0 Å². The van der Waals surface area contributed by atoms with Crippen molar-refractivity contribution in [3.05, 3.63) is 69.5 Å². The molecule has 156 valence electrons. The average molecular weight is 462 g/mol. The summed E-state index contributed by atoms with van der Waals surface area (Å²) < 4.78 is 0.472. The van der Waals surface area contributed by atoms with E-state index in [1.165, 1.54) is 23.9 Å². The number of allylic oxidation sites excluding steroid dienone is 2. The minimum absolute atomic E-state index is 0.0180. The van der Waals surface area contributed by atoms with E-state index in [1.807, 2.05) is 13.0 Å². The Labute approximate surface area is 188 Å². The third kappa shape index (κ3) is 6.12. The molecular weight excluding hydrogens is 442 g/mol. The van der Waals surface area contributed by atoms with Crippen LogP contribution >= 0.6 is 36.6 Å². The lowest BCUT2D eigenvalue weighted by Gasteiger charge is -2.04.